The molecule has 4 nitrogen and oxygen atoms in total. The van der Waals surface area contributed by atoms with Gasteiger partial charge in [-0.2, -0.15) is 0 Å². The highest BCUT2D eigenvalue weighted by Gasteiger charge is 2.41. The summed E-state index contributed by atoms with van der Waals surface area (Å²) >= 11 is 0. The van der Waals surface area contributed by atoms with Gasteiger partial charge in [0.05, 0.1) is 4.90 Å². The predicted octanol–water partition coefficient (Wildman–Crippen LogP) is 2.01. The van der Waals surface area contributed by atoms with E-state index < -0.39 is 21.4 Å². The molecule has 0 amide bonds. The summed E-state index contributed by atoms with van der Waals surface area (Å²) in [6.07, 6.45) is 2.06. The Morgan fingerprint density at radius 2 is 2.00 bits per heavy atom. The van der Waals surface area contributed by atoms with Gasteiger partial charge in [-0.3, -0.25) is 0 Å². The second kappa shape index (κ2) is 5.42. The van der Waals surface area contributed by atoms with Crippen LogP contribution >= 0.6 is 0 Å². The largest absolute Gasteiger partial charge is 0.316 e. The van der Waals surface area contributed by atoms with Crippen molar-refractivity contribution >= 4 is 10.0 Å². The molecule has 6 heteroatoms. The number of halogens is 1. The molecule has 0 unspecified atom stereocenters. The topological polar surface area (TPSA) is 58.2 Å². The summed E-state index contributed by atoms with van der Waals surface area (Å²) in [5, 5.41) is 2.90. The summed E-state index contributed by atoms with van der Waals surface area (Å²) < 4.78 is 41.2. The fraction of sp³-hybridized carbons (Fsp3) is 0.571. The molecular weight excluding hydrogens is 279 g/mol. The zero-order chi connectivity index (χ0) is 15.0. The zero-order valence-corrected chi connectivity index (χ0v) is 12.8. The highest BCUT2D eigenvalue weighted by molar-refractivity contribution is 7.89. The van der Waals surface area contributed by atoms with Gasteiger partial charge >= 0.3 is 0 Å². The van der Waals surface area contributed by atoms with Crippen molar-refractivity contribution in [2.75, 3.05) is 7.05 Å². The van der Waals surface area contributed by atoms with E-state index in [1.165, 1.54) is 12.1 Å². The number of nitrogens with one attached hydrogen (secondary N) is 2. The van der Waals surface area contributed by atoms with Crippen molar-refractivity contribution in [2.24, 2.45) is 5.92 Å². The number of sulfonamides is 1. The van der Waals surface area contributed by atoms with E-state index in [-0.39, 0.29) is 4.90 Å². The molecule has 1 aromatic rings. The van der Waals surface area contributed by atoms with Crippen LogP contribution in [0.3, 0.4) is 0 Å². The lowest BCUT2D eigenvalue weighted by atomic mass is 10.0. The molecule has 0 spiro atoms. The third-order valence-corrected chi connectivity index (χ3v) is 5.44. The Labute approximate surface area is 119 Å². The molecule has 1 aliphatic carbocycles. The van der Waals surface area contributed by atoms with Gasteiger partial charge in [-0.1, -0.05) is 6.07 Å². The van der Waals surface area contributed by atoms with Crippen molar-refractivity contribution in [1.29, 1.82) is 0 Å². The first kappa shape index (κ1) is 15.4. The van der Waals surface area contributed by atoms with Crippen molar-refractivity contribution in [3.05, 3.63) is 29.6 Å². The van der Waals surface area contributed by atoms with Crippen LogP contribution < -0.4 is 10.0 Å². The maximum Gasteiger partial charge on any atom is 0.241 e. The Morgan fingerprint density at radius 3 is 2.55 bits per heavy atom. The minimum absolute atomic E-state index is 0.0144. The van der Waals surface area contributed by atoms with Gasteiger partial charge in [-0.25, -0.2) is 17.5 Å². The quantitative estimate of drug-likeness (QED) is 0.845. The lowest BCUT2D eigenvalue weighted by molar-refractivity contribution is 0.400. The first-order valence-electron chi connectivity index (χ1n) is 6.73. The molecule has 2 rings (SSSR count). The summed E-state index contributed by atoms with van der Waals surface area (Å²) in [7, 11) is -2.00. The maximum atomic E-state index is 13.4. The standard InChI is InChI=1S/C14H21FN2O2S/c1-14(2,11-5-6-11)17-20(18,19)13-8-12(15)7-4-10(13)9-16-3/h4,7-8,11,16-17H,5-6,9H2,1-3H3. The Hall–Kier alpha value is -0.980. The van der Waals surface area contributed by atoms with Crippen LogP contribution in [0.15, 0.2) is 23.1 Å². The highest BCUT2D eigenvalue weighted by Crippen LogP contribution is 2.40. The van der Waals surface area contributed by atoms with Gasteiger partial charge in [0.15, 0.2) is 0 Å². The minimum atomic E-state index is -3.73. The summed E-state index contributed by atoms with van der Waals surface area (Å²) in [5.41, 5.74) is 0.0650. The lowest BCUT2D eigenvalue weighted by Gasteiger charge is -2.26. The third kappa shape index (κ3) is 3.37. The van der Waals surface area contributed by atoms with Crippen molar-refractivity contribution in [1.82, 2.24) is 10.0 Å². The minimum Gasteiger partial charge on any atom is -0.316 e. The molecule has 1 fully saturated rings. The molecule has 2 N–H and O–H groups in total. The van der Waals surface area contributed by atoms with E-state index in [1.807, 2.05) is 13.8 Å². The molecule has 112 valence electrons. The monoisotopic (exact) mass is 300 g/mol. The Bertz CT molecular complexity index is 595. The molecule has 1 aromatic carbocycles. The van der Waals surface area contributed by atoms with Crippen LogP contribution in [0.25, 0.3) is 0 Å². The first-order chi connectivity index (χ1) is 9.26. The van der Waals surface area contributed by atoms with Gasteiger partial charge in [0, 0.05) is 12.1 Å². The van der Waals surface area contributed by atoms with Crippen molar-refractivity contribution < 1.29 is 12.8 Å². The molecule has 0 saturated heterocycles. The van der Waals surface area contributed by atoms with Crippen LogP contribution in [0.4, 0.5) is 4.39 Å². The second-order valence-corrected chi connectivity index (χ2v) is 7.53. The molecule has 0 atom stereocenters. The average Bonchev–Trinajstić information content (AvgIpc) is 3.14. The number of hydrogen-bond donors (Lipinski definition) is 2. The van der Waals surface area contributed by atoms with E-state index >= 15 is 0 Å². The van der Waals surface area contributed by atoms with Crippen molar-refractivity contribution in [3.63, 3.8) is 0 Å². The van der Waals surface area contributed by atoms with E-state index in [0.717, 1.165) is 18.9 Å². The molecule has 0 bridgehead atoms. The van der Waals surface area contributed by atoms with Crippen LogP contribution in [0.5, 0.6) is 0 Å². The van der Waals surface area contributed by atoms with E-state index in [4.69, 9.17) is 0 Å². The average molecular weight is 300 g/mol. The van der Waals surface area contributed by atoms with Crippen LogP contribution in [0.2, 0.25) is 0 Å². The molecular formula is C14H21FN2O2S. The highest BCUT2D eigenvalue weighted by atomic mass is 32.2. The Kier molecular flexibility index (Phi) is 4.18. The van der Waals surface area contributed by atoms with Crippen LogP contribution in [0, 0.1) is 11.7 Å². The summed E-state index contributed by atoms with van der Waals surface area (Å²) in [5.74, 6) is -0.187. The molecule has 0 heterocycles. The van der Waals surface area contributed by atoms with E-state index in [9.17, 15) is 12.8 Å². The molecule has 0 aliphatic heterocycles. The van der Waals surface area contributed by atoms with Crippen molar-refractivity contribution in [3.8, 4) is 0 Å². The predicted molar refractivity (Wildman–Crippen MR) is 76.3 cm³/mol. The van der Waals surface area contributed by atoms with E-state index in [2.05, 4.69) is 10.0 Å². The molecule has 0 aromatic heterocycles. The Morgan fingerprint density at radius 1 is 1.35 bits per heavy atom. The smallest absolute Gasteiger partial charge is 0.241 e. The number of benzene rings is 1. The number of rotatable bonds is 6. The van der Waals surface area contributed by atoms with E-state index in [0.29, 0.717) is 18.0 Å². The Balaban J connectivity index is 2.35. The molecule has 20 heavy (non-hydrogen) atoms. The van der Waals surface area contributed by atoms with Crippen LogP contribution in [0.1, 0.15) is 32.3 Å². The van der Waals surface area contributed by atoms with Gasteiger partial charge in [0.2, 0.25) is 10.0 Å². The number of hydrogen-bond acceptors (Lipinski definition) is 3. The van der Waals surface area contributed by atoms with Gasteiger partial charge in [-0.05, 0) is 57.4 Å². The van der Waals surface area contributed by atoms with E-state index in [1.54, 1.807) is 7.05 Å². The summed E-state index contributed by atoms with van der Waals surface area (Å²) in [6, 6.07) is 3.86. The van der Waals surface area contributed by atoms with Gasteiger partial charge < -0.3 is 5.32 Å². The molecule has 1 saturated carbocycles. The van der Waals surface area contributed by atoms with Gasteiger partial charge in [-0.15, -0.1) is 0 Å². The fourth-order valence-corrected chi connectivity index (χ4v) is 4.13. The summed E-state index contributed by atoms with van der Waals surface area (Å²) in [6.45, 7) is 4.12. The zero-order valence-electron chi connectivity index (χ0n) is 12.0. The van der Waals surface area contributed by atoms with Gasteiger partial charge in [0.25, 0.3) is 0 Å². The van der Waals surface area contributed by atoms with Crippen LogP contribution in [-0.2, 0) is 16.6 Å². The normalized spacial score (nSPS) is 16.4. The molecule has 0 radical (unpaired) electrons. The lowest BCUT2D eigenvalue weighted by Crippen LogP contribution is -2.45. The summed E-state index contributed by atoms with van der Waals surface area (Å²) in [4.78, 5) is 0.0144. The maximum absolute atomic E-state index is 13.4. The third-order valence-electron chi connectivity index (χ3n) is 3.68. The van der Waals surface area contributed by atoms with Crippen LogP contribution in [-0.4, -0.2) is 21.0 Å². The second-order valence-electron chi connectivity index (χ2n) is 5.88. The first-order valence-corrected chi connectivity index (χ1v) is 8.21. The SMILES string of the molecule is CNCc1ccc(F)cc1S(=O)(=O)NC(C)(C)C1CC1. The molecule has 1 aliphatic rings. The van der Waals surface area contributed by atoms with Crippen molar-refractivity contribution in [2.45, 2.75) is 43.7 Å². The fourth-order valence-electron chi connectivity index (χ4n) is 2.40. The van der Waals surface area contributed by atoms with Gasteiger partial charge in [0.1, 0.15) is 5.82 Å².